The Bertz CT molecular complexity index is 1300. The molecule has 4 rings (SSSR count). The summed E-state index contributed by atoms with van der Waals surface area (Å²) in [6, 6.07) is 5.93. The first kappa shape index (κ1) is 20.2. The van der Waals surface area contributed by atoms with Crippen LogP contribution in [0.3, 0.4) is 0 Å². The number of carbonyl (C=O) groups excluding carboxylic acids is 1. The number of aromatic nitrogens is 7. The summed E-state index contributed by atoms with van der Waals surface area (Å²) < 4.78 is 3.14. The Balaban J connectivity index is 1.78. The second-order valence-electron chi connectivity index (χ2n) is 7.35. The number of Topliss-reactive ketones (excluding diaryl/α,β-unsaturated/α-hetero) is 1. The van der Waals surface area contributed by atoms with Gasteiger partial charge in [0.15, 0.2) is 17.2 Å². The molecule has 1 atom stereocenters. The Morgan fingerprint density at radius 3 is 2.84 bits per heavy atom. The molecule has 0 fully saturated rings. The third-order valence-corrected chi connectivity index (χ3v) is 4.86. The van der Waals surface area contributed by atoms with Gasteiger partial charge in [-0.2, -0.15) is 15.0 Å². The first-order valence-corrected chi connectivity index (χ1v) is 9.89. The first-order chi connectivity index (χ1) is 15.0. The van der Waals surface area contributed by atoms with Gasteiger partial charge < -0.3 is 5.32 Å². The second kappa shape index (κ2) is 8.31. The van der Waals surface area contributed by atoms with Crippen LogP contribution in [0.4, 0.5) is 5.69 Å². The lowest BCUT2D eigenvalue weighted by atomic mass is 10.1. The van der Waals surface area contributed by atoms with E-state index in [0.717, 1.165) is 23.1 Å². The lowest BCUT2D eigenvalue weighted by Crippen LogP contribution is -2.15. The molecule has 31 heavy (non-hydrogen) atoms. The van der Waals surface area contributed by atoms with Crippen molar-refractivity contribution in [3.8, 4) is 23.1 Å². The first-order valence-electron chi connectivity index (χ1n) is 9.89. The third-order valence-electron chi connectivity index (χ3n) is 4.86. The number of anilines is 1. The summed E-state index contributed by atoms with van der Waals surface area (Å²) in [6.07, 6.45) is 7.54. The molecular formula is C21H21N9O. The van der Waals surface area contributed by atoms with Gasteiger partial charge >= 0.3 is 0 Å². The molecule has 0 aliphatic rings. The summed E-state index contributed by atoms with van der Waals surface area (Å²) in [5, 5.41) is 26.0. The van der Waals surface area contributed by atoms with Crippen molar-refractivity contribution in [3.63, 3.8) is 0 Å². The van der Waals surface area contributed by atoms with Crippen molar-refractivity contribution in [2.75, 3.05) is 5.32 Å². The van der Waals surface area contributed by atoms with Crippen molar-refractivity contribution < 1.29 is 4.79 Å². The normalized spacial score (nSPS) is 11.9. The summed E-state index contributed by atoms with van der Waals surface area (Å²) in [7, 11) is 0. The highest BCUT2D eigenvalue weighted by Gasteiger charge is 2.16. The van der Waals surface area contributed by atoms with Crippen molar-refractivity contribution >= 4 is 22.5 Å². The Kier molecular flexibility index (Phi) is 5.41. The molecule has 0 aliphatic heterocycles. The zero-order valence-corrected chi connectivity index (χ0v) is 17.4. The van der Waals surface area contributed by atoms with E-state index in [-0.39, 0.29) is 18.4 Å². The Morgan fingerprint density at radius 1 is 1.26 bits per heavy atom. The zero-order valence-electron chi connectivity index (χ0n) is 17.4. The molecule has 10 nitrogen and oxygen atoms in total. The minimum Gasteiger partial charge on any atom is -0.382 e. The minimum atomic E-state index is 0.000456. The minimum absolute atomic E-state index is 0.000456. The molecule has 0 bridgehead atoms. The fourth-order valence-corrected chi connectivity index (χ4v) is 3.13. The highest BCUT2D eigenvalue weighted by Crippen LogP contribution is 2.29. The predicted molar refractivity (Wildman–Crippen MR) is 114 cm³/mol. The Morgan fingerprint density at radius 2 is 2.10 bits per heavy atom. The van der Waals surface area contributed by atoms with Crippen LogP contribution in [0.2, 0.25) is 0 Å². The SMILES string of the molecule is CCC(C)Nc1cc(-n2ncc3cc(C#N)cnc32)ncc1-c1cn(CC(C)=O)nn1. The van der Waals surface area contributed by atoms with E-state index in [1.54, 1.807) is 29.3 Å². The van der Waals surface area contributed by atoms with E-state index in [2.05, 4.69) is 50.6 Å². The summed E-state index contributed by atoms with van der Waals surface area (Å²) >= 11 is 0. The van der Waals surface area contributed by atoms with Gasteiger partial charge in [0.2, 0.25) is 0 Å². The molecule has 0 radical (unpaired) electrons. The van der Waals surface area contributed by atoms with Crippen LogP contribution < -0.4 is 5.32 Å². The summed E-state index contributed by atoms with van der Waals surface area (Å²) in [4.78, 5) is 20.3. The van der Waals surface area contributed by atoms with Crippen LogP contribution in [0.1, 0.15) is 32.8 Å². The van der Waals surface area contributed by atoms with Gasteiger partial charge in [-0.1, -0.05) is 12.1 Å². The van der Waals surface area contributed by atoms with E-state index < -0.39 is 0 Å². The van der Waals surface area contributed by atoms with E-state index in [0.29, 0.717) is 22.7 Å². The zero-order chi connectivity index (χ0) is 22.0. The van der Waals surface area contributed by atoms with Crippen LogP contribution in [0.25, 0.3) is 28.1 Å². The van der Waals surface area contributed by atoms with Gasteiger partial charge in [-0.05, 0) is 26.3 Å². The molecule has 0 aromatic carbocycles. The number of nitrogens with one attached hydrogen (secondary N) is 1. The molecule has 1 N–H and O–H groups in total. The highest BCUT2D eigenvalue weighted by atomic mass is 16.1. The number of ketones is 1. The number of rotatable bonds is 7. The summed E-state index contributed by atoms with van der Waals surface area (Å²) in [5.74, 6) is 0.582. The number of hydrogen-bond donors (Lipinski definition) is 1. The van der Waals surface area contributed by atoms with Crippen molar-refractivity contribution in [1.82, 2.24) is 34.7 Å². The fraction of sp³-hybridized carbons (Fsp3) is 0.286. The number of pyridine rings is 2. The van der Waals surface area contributed by atoms with Gasteiger partial charge in [-0.15, -0.1) is 5.10 Å². The van der Waals surface area contributed by atoms with E-state index in [9.17, 15) is 4.79 Å². The average Bonchev–Trinajstić information content (AvgIpc) is 3.39. The molecule has 156 valence electrons. The van der Waals surface area contributed by atoms with Crippen LogP contribution in [0.15, 0.2) is 36.9 Å². The fourth-order valence-electron chi connectivity index (χ4n) is 3.13. The predicted octanol–water partition coefficient (Wildman–Crippen LogP) is 2.75. The van der Waals surface area contributed by atoms with Crippen molar-refractivity contribution in [1.29, 1.82) is 5.26 Å². The maximum atomic E-state index is 11.4. The van der Waals surface area contributed by atoms with Gasteiger partial charge in [-0.3, -0.25) is 4.79 Å². The standard InChI is InChI=1S/C21H21N9O/c1-4-13(2)26-18-6-20(30-21-16(9-25-30)5-15(7-22)8-24-21)23-10-17(18)19-12-29(28-27-19)11-14(3)31/h5-6,8-10,12-13H,4,11H2,1-3H3,(H,23,26). The van der Waals surface area contributed by atoms with E-state index >= 15 is 0 Å². The summed E-state index contributed by atoms with van der Waals surface area (Å²) in [6.45, 7) is 5.86. The molecule has 4 aromatic rings. The van der Waals surface area contributed by atoms with Crippen LogP contribution in [-0.2, 0) is 11.3 Å². The number of fused-ring (bicyclic) bond motifs is 1. The Labute approximate surface area is 178 Å². The van der Waals surface area contributed by atoms with Crippen molar-refractivity contribution in [2.45, 2.75) is 39.8 Å². The third kappa shape index (κ3) is 4.11. The quantitative estimate of drug-likeness (QED) is 0.488. The number of hydrogen-bond acceptors (Lipinski definition) is 8. The lowest BCUT2D eigenvalue weighted by Gasteiger charge is -2.16. The smallest absolute Gasteiger partial charge is 0.164 e. The number of nitriles is 1. The molecule has 0 spiro atoms. The maximum absolute atomic E-state index is 11.4. The molecular weight excluding hydrogens is 394 g/mol. The van der Waals surface area contributed by atoms with Crippen LogP contribution in [0.5, 0.6) is 0 Å². The van der Waals surface area contributed by atoms with E-state index in [1.165, 1.54) is 17.8 Å². The second-order valence-corrected chi connectivity index (χ2v) is 7.35. The molecule has 4 heterocycles. The van der Waals surface area contributed by atoms with Crippen molar-refractivity contribution in [3.05, 3.63) is 42.5 Å². The topological polar surface area (TPSA) is 127 Å². The van der Waals surface area contributed by atoms with E-state index in [1.807, 2.05) is 6.07 Å². The largest absolute Gasteiger partial charge is 0.382 e. The van der Waals surface area contributed by atoms with E-state index in [4.69, 9.17) is 5.26 Å². The molecule has 0 aliphatic carbocycles. The van der Waals surface area contributed by atoms with Crippen LogP contribution in [-0.4, -0.2) is 46.6 Å². The van der Waals surface area contributed by atoms with Crippen LogP contribution >= 0.6 is 0 Å². The highest BCUT2D eigenvalue weighted by molar-refractivity contribution is 5.80. The van der Waals surface area contributed by atoms with Gasteiger partial charge in [0.05, 0.1) is 18.0 Å². The van der Waals surface area contributed by atoms with Gasteiger partial charge in [0, 0.05) is 41.1 Å². The number of carbonyl (C=O) groups is 1. The lowest BCUT2D eigenvalue weighted by molar-refractivity contribution is -0.117. The maximum Gasteiger partial charge on any atom is 0.164 e. The molecule has 1 unspecified atom stereocenters. The van der Waals surface area contributed by atoms with Gasteiger partial charge in [0.1, 0.15) is 18.3 Å². The van der Waals surface area contributed by atoms with Crippen molar-refractivity contribution in [2.24, 2.45) is 0 Å². The molecule has 0 saturated heterocycles. The molecule has 10 heteroatoms. The van der Waals surface area contributed by atoms with Gasteiger partial charge in [-0.25, -0.2) is 14.6 Å². The monoisotopic (exact) mass is 415 g/mol. The summed E-state index contributed by atoms with van der Waals surface area (Å²) in [5.41, 5.74) is 3.30. The molecule has 4 aromatic heterocycles. The van der Waals surface area contributed by atoms with Crippen LogP contribution in [0, 0.1) is 11.3 Å². The number of nitrogens with zero attached hydrogens (tertiary/aromatic N) is 8. The molecule has 0 amide bonds. The average molecular weight is 415 g/mol. The molecule has 0 saturated carbocycles. The Hall–Kier alpha value is -4.13. The van der Waals surface area contributed by atoms with Gasteiger partial charge in [0.25, 0.3) is 0 Å².